The second-order valence-electron chi connectivity index (χ2n) is 4.07. The maximum atomic E-state index is 10.9. The normalized spacial score (nSPS) is 19.8. The van der Waals surface area contributed by atoms with Crippen LogP contribution in [0.3, 0.4) is 0 Å². The van der Waals surface area contributed by atoms with Crippen molar-refractivity contribution in [2.45, 2.75) is 19.4 Å². The molecule has 1 aliphatic heterocycles. The number of hydrogen-bond donors (Lipinski definition) is 2. The van der Waals surface area contributed by atoms with E-state index in [1.165, 1.54) is 0 Å². The van der Waals surface area contributed by atoms with E-state index in [9.17, 15) is 4.79 Å². The number of nitrogens with two attached hydrogens (primary N) is 1. The quantitative estimate of drug-likeness (QED) is 0.755. The molecule has 0 aromatic carbocycles. The van der Waals surface area contributed by atoms with Crippen molar-refractivity contribution in [2.75, 3.05) is 23.7 Å². The van der Waals surface area contributed by atoms with Crippen molar-refractivity contribution in [2.24, 2.45) is 0 Å². The lowest BCUT2D eigenvalue weighted by molar-refractivity contribution is -0.119. The van der Waals surface area contributed by atoms with Gasteiger partial charge in [0.2, 0.25) is 5.91 Å². The fourth-order valence-electron chi connectivity index (χ4n) is 2.07. The lowest BCUT2D eigenvalue weighted by Crippen LogP contribution is -2.35. The zero-order valence-electron chi connectivity index (χ0n) is 9.31. The van der Waals surface area contributed by atoms with E-state index in [-0.39, 0.29) is 11.9 Å². The van der Waals surface area contributed by atoms with Crippen LogP contribution < -0.4 is 16.0 Å². The topological polar surface area (TPSA) is 71.2 Å². The second kappa shape index (κ2) is 4.38. The maximum absolute atomic E-state index is 10.9. The minimum atomic E-state index is 0.0227. The summed E-state index contributed by atoms with van der Waals surface area (Å²) in [7, 11) is 0. The summed E-state index contributed by atoms with van der Waals surface area (Å²) in [6, 6.07) is 2.14. The molecule has 2 heterocycles. The minimum Gasteiger partial charge on any atom is -0.396 e. The van der Waals surface area contributed by atoms with Gasteiger partial charge in [-0.25, -0.2) is 0 Å². The number of carbonyl (C=O) groups is 1. The zero-order chi connectivity index (χ0) is 11.5. The van der Waals surface area contributed by atoms with E-state index < -0.39 is 0 Å². The fourth-order valence-corrected chi connectivity index (χ4v) is 2.07. The highest BCUT2D eigenvalue weighted by Gasteiger charge is 2.24. The van der Waals surface area contributed by atoms with Gasteiger partial charge in [-0.2, -0.15) is 0 Å². The van der Waals surface area contributed by atoms with Crippen molar-refractivity contribution in [1.82, 2.24) is 10.3 Å². The molecule has 1 atom stereocenters. The van der Waals surface area contributed by atoms with Crippen molar-refractivity contribution < 1.29 is 4.79 Å². The number of aromatic nitrogens is 1. The molecule has 16 heavy (non-hydrogen) atoms. The van der Waals surface area contributed by atoms with E-state index in [2.05, 4.69) is 15.2 Å². The molecular formula is C11H16N4O. The van der Waals surface area contributed by atoms with Crippen LogP contribution in [0.4, 0.5) is 11.4 Å². The summed E-state index contributed by atoms with van der Waals surface area (Å²) < 4.78 is 0. The summed E-state index contributed by atoms with van der Waals surface area (Å²) in [4.78, 5) is 17.1. The molecule has 0 radical (unpaired) electrons. The Bertz CT molecular complexity index is 393. The van der Waals surface area contributed by atoms with Gasteiger partial charge in [-0.15, -0.1) is 0 Å². The van der Waals surface area contributed by atoms with Crippen LogP contribution in [0.15, 0.2) is 18.5 Å². The van der Waals surface area contributed by atoms with Crippen LogP contribution in [0.2, 0.25) is 0 Å². The highest BCUT2D eigenvalue weighted by molar-refractivity contribution is 5.73. The van der Waals surface area contributed by atoms with Crippen molar-refractivity contribution in [3.63, 3.8) is 0 Å². The van der Waals surface area contributed by atoms with Gasteiger partial charge in [-0.1, -0.05) is 0 Å². The van der Waals surface area contributed by atoms with Gasteiger partial charge >= 0.3 is 0 Å². The van der Waals surface area contributed by atoms with E-state index in [0.717, 1.165) is 25.2 Å². The Morgan fingerprint density at radius 2 is 2.50 bits per heavy atom. The molecule has 0 saturated carbocycles. The number of pyridine rings is 1. The molecule has 1 saturated heterocycles. The third-order valence-electron chi connectivity index (χ3n) is 2.76. The van der Waals surface area contributed by atoms with E-state index in [1.807, 2.05) is 6.07 Å². The van der Waals surface area contributed by atoms with E-state index in [1.54, 1.807) is 19.3 Å². The number of nitrogen functional groups attached to an aromatic ring is 1. The Morgan fingerprint density at radius 3 is 3.19 bits per heavy atom. The van der Waals surface area contributed by atoms with Crippen LogP contribution in [-0.2, 0) is 4.79 Å². The zero-order valence-corrected chi connectivity index (χ0v) is 9.31. The lowest BCUT2D eigenvalue weighted by atomic mass is 10.2. The molecule has 5 heteroatoms. The Kier molecular flexibility index (Phi) is 2.94. The van der Waals surface area contributed by atoms with Crippen LogP contribution in [0, 0.1) is 0 Å². The summed E-state index contributed by atoms with van der Waals surface area (Å²) >= 11 is 0. The van der Waals surface area contributed by atoms with E-state index in [0.29, 0.717) is 5.69 Å². The number of nitrogens with zero attached hydrogens (tertiary/aromatic N) is 2. The summed E-state index contributed by atoms with van der Waals surface area (Å²) in [5, 5.41) is 2.92. The molecule has 2 rings (SSSR count). The number of carbonyl (C=O) groups excluding carboxylic acids is 1. The Labute approximate surface area is 94.6 Å². The molecule has 0 bridgehead atoms. The van der Waals surface area contributed by atoms with Gasteiger partial charge in [-0.05, 0) is 12.5 Å². The summed E-state index contributed by atoms with van der Waals surface area (Å²) in [5.74, 6) is 0.0227. The van der Waals surface area contributed by atoms with Gasteiger partial charge in [0.1, 0.15) is 0 Å². The fraction of sp³-hybridized carbons (Fsp3) is 0.455. The Balaban J connectivity index is 2.04. The molecule has 5 nitrogen and oxygen atoms in total. The first-order valence-corrected chi connectivity index (χ1v) is 5.38. The monoisotopic (exact) mass is 220 g/mol. The predicted molar refractivity (Wildman–Crippen MR) is 63.1 cm³/mol. The number of hydrogen-bond acceptors (Lipinski definition) is 4. The molecule has 1 fully saturated rings. The van der Waals surface area contributed by atoms with Crippen molar-refractivity contribution >= 4 is 17.3 Å². The first-order chi connectivity index (χ1) is 7.66. The first kappa shape index (κ1) is 10.7. The lowest BCUT2D eigenvalue weighted by Gasteiger charge is -2.20. The molecule has 1 aromatic rings. The molecule has 3 N–H and O–H groups in total. The SMILES string of the molecule is CC(=O)NC1CCN(c2ccncc2N)C1. The molecule has 1 unspecified atom stereocenters. The second-order valence-corrected chi connectivity index (χ2v) is 4.07. The molecule has 0 aliphatic carbocycles. The van der Waals surface area contributed by atoms with Gasteiger partial charge in [0.05, 0.1) is 17.6 Å². The summed E-state index contributed by atoms with van der Waals surface area (Å²) in [6.45, 7) is 3.27. The van der Waals surface area contributed by atoms with Crippen LogP contribution >= 0.6 is 0 Å². The number of nitrogens with one attached hydrogen (secondary N) is 1. The smallest absolute Gasteiger partial charge is 0.217 e. The van der Waals surface area contributed by atoms with Gasteiger partial charge in [0.25, 0.3) is 0 Å². The highest BCUT2D eigenvalue weighted by Crippen LogP contribution is 2.25. The van der Waals surface area contributed by atoms with E-state index >= 15 is 0 Å². The average Bonchev–Trinajstić information content (AvgIpc) is 2.66. The van der Waals surface area contributed by atoms with Gasteiger partial charge in [0.15, 0.2) is 0 Å². The molecular weight excluding hydrogens is 204 g/mol. The third kappa shape index (κ3) is 2.24. The maximum Gasteiger partial charge on any atom is 0.217 e. The van der Waals surface area contributed by atoms with Gasteiger partial charge in [0, 0.05) is 32.3 Å². The summed E-state index contributed by atoms with van der Waals surface area (Å²) in [5.41, 5.74) is 7.54. The number of rotatable bonds is 2. The highest BCUT2D eigenvalue weighted by atomic mass is 16.1. The summed E-state index contributed by atoms with van der Waals surface area (Å²) in [6.07, 6.45) is 4.35. The predicted octanol–water partition coefficient (Wildman–Crippen LogP) is 0.379. The number of amides is 1. The molecule has 0 spiro atoms. The Hall–Kier alpha value is -1.78. The Morgan fingerprint density at radius 1 is 1.69 bits per heavy atom. The minimum absolute atomic E-state index is 0.0227. The van der Waals surface area contributed by atoms with Gasteiger partial charge in [-0.3, -0.25) is 9.78 Å². The molecule has 1 amide bonds. The standard InChI is InChI=1S/C11H16N4O/c1-8(16)14-9-3-5-15(7-9)11-2-4-13-6-10(11)12/h2,4,6,9H,3,5,7,12H2,1H3,(H,14,16). The van der Waals surface area contributed by atoms with Crippen LogP contribution in [0.5, 0.6) is 0 Å². The van der Waals surface area contributed by atoms with Crippen molar-refractivity contribution in [3.8, 4) is 0 Å². The van der Waals surface area contributed by atoms with Crippen molar-refractivity contribution in [3.05, 3.63) is 18.5 Å². The van der Waals surface area contributed by atoms with E-state index in [4.69, 9.17) is 5.73 Å². The van der Waals surface area contributed by atoms with Crippen LogP contribution in [0.1, 0.15) is 13.3 Å². The first-order valence-electron chi connectivity index (χ1n) is 5.38. The average molecular weight is 220 g/mol. The largest absolute Gasteiger partial charge is 0.396 e. The third-order valence-corrected chi connectivity index (χ3v) is 2.76. The molecule has 1 aromatic heterocycles. The van der Waals surface area contributed by atoms with Gasteiger partial charge < -0.3 is 16.0 Å². The van der Waals surface area contributed by atoms with Crippen LogP contribution in [0.25, 0.3) is 0 Å². The molecule has 1 aliphatic rings. The van der Waals surface area contributed by atoms with Crippen LogP contribution in [-0.4, -0.2) is 30.0 Å². The number of anilines is 2. The molecule has 86 valence electrons. The van der Waals surface area contributed by atoms with Crippen molar-refractivity contribution in [1.29, 1.82) is 0 Å².